The molecule has 1 atom stereocenters. The highest BCUT2D eigenvalue weighted by atomic mass is 19.4. The molecule has 1 aliphatic heterocycles. The molecule has 4 N–H and O–H groups in total. The second kappa shape index (κ2) is 5.93. The van der Waals surface area contributed by atoms with Crippen molar-refractivity contribution in [2.45, 2.75) is 38.0 Å². The molecule has 1 heterocycles. The molecule has 1 amide bonds. The Morgan fingerprint density at radius 2 is 2.05 bits per heavy atom. The van der Waals surface area contributed by atoms with Gasteiger partial charge in [0, 0.05) is 12.2 Å². The second-order valence-electron chi connectivity index (χ2n) is 5.30. The van der Waals surface area contributed by atoms with E-state index in [4.69, 9.17) is 11.5 Å². The summed E-state index contributed by atoms with van der Waals surface area (Å²) >= 11 is 0. The molecule has 4 nitrogen and oxygen atoms in total. The lowest BCUT2D eigenvalue weighted by atomic mass is 9.99. The zero-order valence-electron chi connectivity index (χ0n) is 11.5. The van der Waals surface area contributed by atoms with Crippen LogP contribution < -0.4 is 11.5 Å². The molecule has 0 bridgehead atoms. The first-order valence-electron chi connectivity index (χ1n) is 6.78. The minimum atomic E-state index is -4.47. The first kappa shape index (κ1) is 15.6. The van der Waals surface area contributed by atoms with E-state index in [-0.39, 0.29) is 17.8 Å². The van der Waals surface area contributed by atoms with Crippen molar-refractivity contribution in [3.8, 4) is 0 Å². The number of carbonyl (C=O) groups is 1. The molecule has 1 fully saturated rings. The van der Waals surface area contributed by atoms with Crippen LogP contribution in [0.3, 0.4) is 0 Å². The second-order valence-corrected chi connectivity index (χ2v) is 5.30. The highest BCUT2D eigenvalue weighted by molar-refractivity contribution is 5.79. The number of hydrogen-bond donors (Lipinski definition) is 2. The van der Waals surface area contributed by atoms with Crippen LogP contribution in [0.25, 0.3) is 0 Å². The van der Waals surface area contributed by atoms with Crippen LogP contribution in [0.2, 0.25) is 0 Å². The Kier molecular flexibility index (Phi) is 4.41. The Bertz CT molecular complexity index is 531. The van der Waals surface area contributed by atoms with Crippen LogP contribution in [0.1, 0.15) is 30.4 Å². The largest absolute Gasteiger partial charge is 0.416 e. The first-order chi connectivity index (χ1) is 9.79. The van der Waals surface area contributed by atoms with Gasteiger partial charge in [-0.25, -0.2) is 0 Å². The standard InChI is InChI=1S/C14H18F3N3O/c15-14(16,17)11-7-10(18)5-4-9(11)8-20-6-2-1-3-12(20)13(19)21/h4-5,7,12H,1-3,6,8,18H2,(H2,19,21). The summed E-state index contributed by atoms with van der Waals surface area (Å²) in [7, 11) is 0. The number of halogens is 3. The van der Waals surface area contributed by atoms with Crippen LogP contribution >= 0.6 is 0 Å². The summed E-state index contributed by atoms with van der Waals surface area (Å²) in [6.07, 6.45) is -2.17. The molecule has 1 aromatic carbocycles. The Morgan fingerprint density at radius 1 is 1.33 bits per heavy atom. The number of nitrogens with two attached hydrogens (primary N) is 2. The maximum Gasteiger partial charge on any atom is 0.416 e. The maximum atomic E-state index is 13.1. The van der Waals surface area contributed by atoms with Crippen LogP contribution in [0.15, 0.2) is 18.2 Å². The molecule has 116 valence electrons. The molecular formula is C14H18F3N3O. The SMILES string of the molecule is NC(=O)C1CCCCN1Cc1ccc(N)cc1C(F)(F)F. The number of benzene rings is 1. The minimum Gasteiger partial charge on any atom is -0.399 e. The molecule has 7 heteroatoms. The summed E-state index contributed by atoms with van der Waals surface area (Å²) in [6.45, 7) is 0.609. The van der Waals surface area contributed by atoms with Crippen LogP contribution in [-0.2, 0) is 17.5 Å². The van der Waals surface area contributed by atoms with E-state index in [1.807, 2.05) is 0 Å². The number of nitrogen functional groups attached to an aromatic ring is 1. The molecule has 0 radical (unpaired) electrons. The van der Waals surface area contributed by atoms with Crippen molar-refractivity contribution in [1.82, 2.24) is 4.90 Å². The normalized spacial score (nSPS) is 20.4. The average molecular weight is 301 g/mol. The number of hydrogen-bond acceptors (Lipinski definition) is 3. The molecule has 0 aliphatic carbocycles. The van der Waals surface area contributed by atoms with Crippen molar-refractivity contribution >= 4 is 11.6 Å². The van der Waals surface area contributed by atoms with Crippen LogP contribution in [0.4, 0.5) is 18.9 Å². The van der Waals surface area contributed by atoms with Gasteiger partial charge in [-0.2, -0.15) is 13.2 Å². The lowest BCUT2D eigenvalue weighted by molar-refractivity contribution is -0.138. The number of nitrogens with zero attached hydrogens (tertiary/aromatic N) is 1. The zero-order valence-corrected chi connectivity index (χ0v) is 11.5. The van der Waals surface area contributed by atoms with Gasteiger partial charge in [0.25, 0.3) is 0 Å². The molecule has 1 aromatic rings. The molecule has 1 saturated heterocycles. The van der Waals surface area contributed by atoms with E-state index in [0.29, 0.717) is 13.0 Å². The fraction of sp³-hybridized carbons (Fsp3) is 0.500. The fourth-order valence-corrected chi connectivity index (χ4v) is 2.72. The first-order valence-corrected chi connectivity index (χ1v) is 6.78. The Hall–Kier alpha value is -1.76. The van der Waals surface area contributed by atoms with Crippen LogP contribution in [-0.4, -0.2) is 23.4 Å². The number of primary amides is 1. The quantitative estimate of drug-likeness (QED) is 0.840. The lowest BCUT2D eigenvalue weighted by Gasteiger charge is -2.34. The monoisotopic (exact) mass is 301 g/mol. The summed E-state index contributed by atoms with van der Waals surface area (Å²) in [5, 5.41) is 0. The molecule has 0 saturated carbocycles. The van der Waals surface area contributed by atoms with E-state index in [0.717, 1.165) is 18.9 Å². The van der Waals surface area contributed by atoms with Gasteiger partial charge >= 0.3 is 6.18 Å². The van der Waals surface area contributed by atoms with Crippen molar-refractivity contribution < 1.29 is 18.0 Å². The highest BCUT2D eigenvalue weighted by Gasteiger charge is 2.35. The van der Waals surface area contributed by atoms with E-state index in [1.54, 1.807) is 4.90 Å². The summed E-state index contributed by atoms with van der Waals surface area (Å²) < 4.78 is 39.2. The van der Waals surface area contributed by atoms with Gasteiger partial charge in [-0.05, 0) is 37.1 Å². The minimum absolute atomic E-state index is 0.0444. The van der Waals surface area contributed by atoms with Gasteiger partial charge in [0.15, 0.2) is 0 Å². The Labute approximate surface area is 120 Å². The van der Waals surface area contributed by atoms with E-state index in [1.165, 1.54) is 12.1 Å². The van der Waals surface area contributed by atoms with Gasteiger partial charge in [0.2, 0.25) is 5.91 Å². The maximum absolute atomic E-state index is 13.1. The van der Waals surface area contributed by atoms with E-state index < -0.39 is 23.7 Å². The topological polar surface area (TPSA) is 72.4 Å². The number of alkyl halides is 3. The highest BCUT2D eigenvalue weighted by Crippen LogP contribution is 2.34. The fourth-order valence-electron chi connectivity index (χ4n) is 2.72. The summed E-state index contributed by atoms with van der Waals surface area (Å²) in [6, 6.07) is 3.23. The Balaban J connectivity index is 2.28. The van der Waals surface area contributed by atoms with Crippen molar-refractivity contribution in [2.24, 2.45) is 5.73 Å². The molecule has 0 aromatic heterocycles. The van der Waals surface area contributed by atoms with E-state index in [2.05, 4.69) is 0 Å². The molecular weight excluding hydrogens is 283 g/mol. The van der Waals surface area contributed by atoms with Crippen LogP contribution in [0.5, 0.6) is 0 Å². The zero-order chi connectivity index (χ0) is 15.6. The molecule has 2 rings (SSSR count). The number of anilines is 1. The van der Waals surface area contributed by atoms with Crippen molar-refractivity contribution in [3.63, 3.8) is 0 Å². The number of carbonyl (C=O) groups excluding carboxylic acids is 1. The van der Waals surface area contributed by atoms with Crippen molar-refractivity contribution in [1.29, 1.82) is 0 Å². The molecule has 1 unspecified atom stereocenters. The summed E-state index contributed by atoms with van der Waals surface area (Å²) in [5.74, 6) is -0.487. The predicted molar refractivity (Wildman–Crippen MR) is 73.1 cm³/mol. The third-order valence-electron chi connectivity index (χ3n) is 3.75. The third kappa shape index (κ3) is 3.66. The van der Waals surface area contributed by atoms with Gasteiger partial charge in [-0.1, -0.05) is 12.5 Å². The number of piperidine rings is 1. The van der Waals surface area contributed by atoms with Gasteiger partial charge < -0.3 is 11.5 Å². The van der Waals surface area contributed by atoms with E-state index >= 15 is 0 Å². The summed E-state index contributed by atoms with van der Waals surface area (Å²) in [5.41, 5.74) is 10.2. The third-order valence-corrected chi connectivity index (χ3v) is 3.75. The van der Waals surface area contributed by atoms with Crippen molar-refractivity contribution in [2.75, 3.05) is 12.3 Å². The predicted octanol–water partition coefficient (Wildman–Crippen LogP) is 2.13. The average Bonchev–Trinajstić information content (AvgIpc) is 2.40. The van der Waals surface area contributed by atoms with Crippen molar-refractivity contribution in [3.05, 3.63) is 29.3 Å². The molecule has 0 spiro atoms. The van der Waals surface area contributed by atoms with Gasteiger partial charge in [-0.3, -0.25) is 9.69 Å². The lowest BCUT2D eigenvalue weighted by Crippen LogP contribution is -2.47. The van der Waals surface area contributed by atoms with E-state index in [9.17, 15) is 18.0 Å². The summed E-state index contributed by atoms with van der Waals surface area (Å²) in [4.78, 5) is 13.1. The Morgan fingerprint density at radius 3 is 2.67 bits per heavy atom. The molecule has 21 heavy (non-hydrogen) atoms. The number of rotatable bonds is 3. The van der Waals surface area contributed by atoms with Crippen LogP contribution in [0, 0.1) is 0 Å². The van der Waals surface area contributed by atoms with Gasteiger partial charge in [0.05, 0.1) is 11.6 Å². The smallest absolute Gasteiger partial charge is 0.399 e. The molecule has 1 aliphatic rings. The van der Waals surface area contributed by atoms with Gasteiger partial charge in [-0.15, -0.1) is 0 Å². The number of amides is 1. The van der Waals surface area contributed by atoms with Gasteiger partial charge in [0.1, 0.15) is 0 Å². The number of likely N-dealkylation sites (tertiary alicyclic amines) is 1.